The van der Waals surface area contributed by atoms with E-state index in [9.17, 15) is 0 Å². The highest BCUT2D eigenvalue weighted by Crippen LogP contribution is 2.43. The van der Waals surface area contributed by atoms with Crippen LogP contribution in [0.1, 0.15) is 41.7 Å². The zero-order valence-electron chi connectivity index (χ0n) is 13.9. The maximum atomic E-state index is 4.88. The topological polar surface area (TPSA) is 68.0 Å². The molecule has 4 heterocycles. The van der Waals surface area contributed by atoms with Crippen LogP contribution in [0.4, 0.5) is 5.95 Å². The number of aryl methyl sites for hydroxylation is 1. The van der Waals surface area contributed by atoms with E-state index in [1.165, 1.54) is 28.7 Å². The summed E-state index contributed by atoms with van der Waals surface area (Å²) in [6, 6.07) is 3.98. The summed E-state index contributed by atoms with van der Waals surface area (Å²) >= 11 is 1.81. The zero-order chi connectivity index (χ0) is 16.8. The molecule has 0 spiro atoms. The molecule has 1 atom stereocenters. The van der Waals surface area contributed by atoms with Crippen LogP contribution in [-0.2, 0) is 13.0 Å². The van der Waals surface area contributed by atoms with Crippen molar-refractivity contribution in [3.63, 3.8) is 0 Å². The fraction of sp³-hybridized carbons (Fsp3) is 0.333. The van der Waals surface area contributed by atoms with Crippen LogP contribution in [0.15, 0.2) is 30.9 Å². The molecule has 4 aromatic rings. The molecular weight excluding hydrogens is 332 g/mol. The van der Waals surface area contributed by atoms with Crippen LogP contribution < -0.4 is 5.32 Å². The lowest BCUT2D eigenvalue weighted by Gasteiger charge is -2.18. The lowest BCUT2D eigenvalue weighted by atomic mass is 9.87. The average molecular weight is 350 g/mol. The first kappa shape index (κ1) is 14.8. The van der Waals surface area contributed by atoms with Crippen molar-refractivity contribution in [3.8, 4) is 0 Å². The molecule has 0 amide bonds. The average Bonchev–Trinajstić information content (AvgIpc) is 3.25. The van der Waals surface area contributed by atoms with E-state index < -0.39 is 0 Å². The van der Waals surface area contributed by atoms with Gasteiger partial charge in [0, 0.05) is 23.8 Å². The van der Waals surface area contributed by atoms with Crippen molar-refractivity contribution in [1.29, 1.82) is 0 Å². The first-order valence-corrected chi connectivity index (χ1v) is 9.40. The van der Waals surface area contributed by atoms with E-state index in [1.807, 2.05) is 34.2 Å². The van der Waals surface area contributed by atoms with Gasteiger partial charge in [0.1, 0.15) is 11.2 Å². The van der Waals surface area contributed by atoms with Gasteiger partial charge < -0.3 is 5.32 Å². The third-order valence-corrected chi connectivity index (χ3v) is 6.05. The Morgan fingerprint density at radius 2 is 2.36 bits per heavy atom. The Kier molecular flexibility index (Phi) is 3.41. The largest absolute Gasteiger partial charge is 0.350 e. The standard InChI is InChI=1S/C18H18N6S/c1-11-4-2-6-13-14(11)15-16-21-10-22-24(16)18(23-17(15)25-13)20-9-12-5-3-7-19-8-12/h3,5,7-8,10-11H,2,4,6,9H2,1H3,(H,20,23). The highest BCUT2D eigenvalue weighted by atomic mass is 32.1. The van der Waals surface area contributed by atoms with Crippen molar-refractivity contribution in [2.75, 3.05) is 5.32 Å². The van der Waals surface area contributed by atoms with Crippen LogP contribution in [0.25, 0.3) is 15.9 Å². The van der Waals surface area contributed by atoms with Crippen molar-refractivity contribution in [1.82, 2.24) is 24.6 Å². The Morgan fingerprint density at radius 1 is 1.40 bits per heavy atom. The molecule has 0 bridgehead atoms. The Morgan fingerprint density at radius 3 is 3.24 bits per heavy atom. The van der Waals surface area contributed by atoms with Crippen molar-refractivity contribution >= 4 is 33.1 Å². The van der Waals surface area contributed by atoms with Gasteiger partial charge in [-0.3, -0.25) is 4.98 Å². The molecule has 1 unspecified atom stereocenters. The number of pyridine rings is 1. The summed E-state index contributed by atoms with van der Waals surface area (Å²) in [4.78, 5) is 16.1. The third-order valence-electron chi connectivity index (χ3n) is 4.89. The normalized spacial score (nSPS) is 17.1. The highest BCUT2D eigenvalue weighted by molar-refractivity contribution is 7.19. The molecule has 0 fully saturated rings. The second kappa shape index (κ2) is 5.77. The maximum Gasteiger partial charge on any atom is 0.227 e. The Bertz CT molecular complexity index is 1050. The monoisotopic (exact) mass is 350 g/mol. The Balaban J connectivity index is 1.63. The van der Waals surface area contributed by atoms with E-state index in [0.717, 1.165) is 28.4 Å². The summed E-state index contributed by atoms with van der Waals surface area (Å²) in [7, 11) is 0. The summed E-state index contributed by atoms with van der Waals surface area (Å²) < 4.78 is 1.83. The molecule has 4 aromatic heterocycles. The summed E-state index contributed by atoms with van der Waals surface area (Å²) in [5, 5.41) is 8.99. The molecule has 0 saturated heterocycles. The van der Waals surface area contributed by atoms with Gasteiger partial charge in [-0.05, 0) is 42.4 Å². The molecule has 7 heteroatoms. The van der Waals surface area contributed by atoms with Crippen LogP contribution in [0, 0.1) is 0 Å². The quantitative estimate of drug-likeness (QED) is 0.609. The summed E-state index contributed by atoms with van der Waals surface area (Å²) in [6.45, 7) is 2.97. The third kappa shape index (κ3) is 2.38. The van der Waals surface area contributed by atoms with Crippen LogP contribution in [0.3, 0.4) is 0 Å². The van der Waals surface area contributed by atoms with Crippen molar-refractivity contribution in [2.45, 2.75) is 38.6 Å². The molecule has 0 aromatic carbocycles. The fourth-order valence-corrected chi connectivity index (χ4v) is 5.03. The van der Waals surface area contributed by atoms with E-state index in [4.69, 9.17) is 4.98 Å². The number of hydrogen-bond donors (Lipinski definition) is 1. The van der Waals surface area contributed by atoms with Gasteiger partial charge in [-0.1, -0.05) is 13.0 Å². The number of rotatable bonds is 3. The fourth-order valence-electron chi connectivity index (χ4n) is 3.70. The smallest absolute Gasteiger partial charge is 0.227 e. The lowest BCUT2D eigenvalue weighted by molar-refractivity contribution is 0.602. The van der Waals surface area contributed by atoms with E-state index in [-0.39, 0.29) is 0 Å². The van der Waals surface area contributed by atoms with Gasteiger partial charge in [-0.15, -0.1) is 11.3 Å². The molecule has 1 aliphatic carbocycles. The minimum Gasteiger partial charge on any atom is -0.350 e. The number of anilines is 1. The summed E-state index contributed by atoms with van der Waals surface area (Å²) in [5.41, 5.74) is 3.46. The summed E-state index contributed by atoms with van der Waals surface area (Å²) in [5.74, 6) is 1.30. The Hall–Kier alpha value is -2.54. The first-order valence-electron chi connectivity index (χ1n) is 8.59. The van der Waals surface area contributed by atoms with Crippen molar-refractivity contribution in [3.05, 3.63) is 46.9 Å². The van der Waals surface area contributed by atoms with E-state index >= 15 is 0 Å². The number of aromatic nitrogens is 5. The number of fused-ring (bicyclic) bond motifs is 5. The van der Waals surface area contributed by atoms with Gasteiger partial charge in [0.2, 0.25) is 5.95 Å². The van der Waals surface area contributed by atoms with Gasteiger partial charge in [0.05, 0.1) is 5.39 Å². The lowest BCUT2D eigenvalue weighted by Crippen LogP contribution is -2.08. The molecule has 25 heavy (non-hydrogen) atoms. The van der Waals surface area contributed by atoms with Gasteiger partial charge in [-0.25, -0.2) is 9.97 Å². The van der Waals surface area contributed by atoms with Crippen LogP contribution in [0.2, 0.25) is 0 Å². The van der Waals surface area contributed by atoms with Gasteiger partial charge in [0.25, 0.3) is 0 Å². The van der Waals surface area contributed by atoms with Crippen molar-refractivity contribution in [2.24, 2.45) is 0 Å². The van der Waals surface area contributed by atoms with Gasteiger partial charge in [0.15, 0.2) is 5.65 Å². The number of thiophene rings is 1. The predicted octanol–water partition coefficient (Wildman–Crippen LogP) is 3.79. The molecule has 1 aliphatic rings. The molecule has 0 radical (unpaired) electrons. The predicted molar refractivity (Wildman–Crippen MR) is 99.1 cm³/mol. The number of nitrogens with zero attached hydrogens (tertiary/aromatic N) is 5. The van der Waals surface area contributed by atoms with Crippen LogP contribution in [-0.4, -0.2) is 24.6 Å². The minimum atomic E-state index is 0.564. The highest BCUT2D eigenvalue weighted by Gasteiger charge is 2.25. The number of nitrogens with one attached hydrogen (secondary N) is 1. The van der Waals surface area contributed by atoms with Gasteiger partial charge in [-0.2, -0.15) is 9.61 Å². The molecular formula is C18H18N6S. The zero-order valence-corrected chi connectivity index (χ0v) is 14.8. The molecule has 6 nitrogen and oxygen atoms in total. The van der Waals surface area contributed by atoms with Crippen LogP contribution in [0.5, 0.6) is 0 Å². The van der Waals surface area contributed by atoms with E-state index in [0.29, 0.717) is 12.5 Å². The van der Waals surface area contributed by atoms with E-state index in [1.54, 1.807) is 12.5 Å². The van der Waals surface area contributed by atoms with Crippen molar-refractivity contribution < 1.29 is 0 Å². The minimum absolute atomic E-state index is 0.564. The molecule has 0 aliphatic heterocycles. The Labute approximate surface area is 149 Å². The molecule has 5 rings (SSSR count). The van der Waals surface area contributed by atoms with Gasteiger partial charge >= 0.3 is 0 Å². The first-order chi connectivity index (χ1) is 12.3. The second-order valence-electron chi connectivity index (χ2n) is 6.56. The molecule has 0 saturated carbocycles. The molecule has 1 N–H and O–H groups in total. The van der Waals surface area contributed by atoms with E-state index in [2.05, 4.69) is 27.3 Å². The number of hydrogen-bond acceptors (Lipinski definition) is 6. The van der Waals surface area contributed by atoms with Crippen LogP contribution >= 0.6 is 11.3 Å². The maximum absolute atomic E-state index is 4.88. The molecule has 126 valence electrons. The summed E-state index contributed by atoms with van der Waals surface area (Å²) in [6.07, 6.45) is 8.90. The second-order valence-corrected chi connectivity index (χ2v) is 7.64. The SMILES string of the molecule is CC1CCCc2sc3nc(NCc4cccnc4)n4ncnc4c3c21.